The molecule has 0 amide bonds. The van der Waals surface area contributed by atoms with Gasteiger partial charge in [-0.25, -0.2) is 0 Å². The molecular formula is C13H13F3O2S. The molecule has 1 aliphatic rings. The molecule has 0 bridgehead atoms. The number of allylic oxidation sites excluding steroid dienone is 1. The summed E-state index contributed by atoms with van der Waals surface area (Å²) >= 11 is 0.864. The molecule has 0 fully saturated rings. The van der Waals surface area contributed by atoms with Gasteiger partial charge in [-0.05, 0) is 30.4 Å². The monoisotopic (exact) mass is 290 g/mol. The minimum atomic E-state index is -4.76. The first-order chi connectivity index (χ1) is 8.83. The van der Waals surface area contributed by atoms with E-state index >= 15 is 0 Å². The first-order valence-corrected chi connectivity index (χ1v) is 6.76. The van der Waals surface area contributed by atoms with Crippen molar-refractivity contribution in [3.05, 3.63) is 34.0 Å². The van der Waals surface area contributed by atoms with Crippen LogP contribution in [0.4, 0.5) is 13.2 Å². The number of rotatable bonds is 3. The van der Waals surface area contributed by atoms with E-state index in [2.05, 4.69) is 0 Å². The Balaban J connectivity index is 2.32. The van der Waals surface area contributed by atoms with Crippen LogP contribution in [-0.2, 0) is 10.4 Å². The molecule has 0 saturated carbocycles. The van der Waals surface area contributed by atoms with Crippen molar-refractivity contribution in [3.8, 4) is 0 Å². The lowest BCUT2D eigenvalue weighted by molar-refractivity contribution is -0.265. The smallest absolute Gasteiger partial charge is 0.375 e. The summed E-state index contributed by atoms with van der Waals surface area (Å²) in [7, 11) is 0. The van der Waals surface area contributed by atoms with Gasteiger partial charge in [0.05, 0.1) is 0 Å². The maximum Gasteiger partial charge on any atom is 0.422 e. The number of thiophene rings is 1. The van der Waals surface area contributed by atoms with Crippen molar-refractivity contribution >= 4 is 17.1 Å². The van der Waals surface area contributed by atoms with Gasteiger partial charge in [0.25, 0.3) is 0 Å². The van der Waals surface area contributed by atoms with E-state index in [1.165, 1.54) is 23.6 Å². The van der Waals surface area contributed by atoms with E-state index in [1.807, 2.05) is 0 Å². The number of hydrogen-bond donors (Lipinski definition) is 1. The molecule has 2 rings (SSSR count). The summed E-state index contributed by atoms with van der Waals surface area (Å²) in [4.78, 5) is 11.1. The first-order valence-electron chi connectivity index (χ1n) is 5.88. The third kappa shape index (κ3) is 2.90. The standard InChI is InChI=1S/C13H13F3O2S/c14-13(15,16)12(18,11-5-2-6-19-11)8-9-3-1-4-10(17)7-9/h2,5-7,18H,1,3-4,8H2/t12-/m0/s1. The minimum Gasteiger partial charge on any atom is -0.375 e. The van der Waals surface area contributed by atoms with Crippen molar-refractivity contribution in [2.24, 2.45) is 0 Å². The lowest BCUT2D eigenvalue weighted by atomic mass is 9.86. The second kappa shape index (κ2) is 5.09. The summed E-state index contributed by atoms with van der Waals surface area (Å²) in [5, 5.41) is 11.6. The Hall–Kier alpha value is -1.14. The minimum absolute atomic E-state index is 0.140. The van der Waals surface area contributed by atoms with Crippen molar-refractivity contribution in [2.45, 2.75) is 37.5 Å². The highest BCUT2D eigenvalue weighted by atomic mass is 32.1. The topological polar surface area (TPSA) is 37.3 Å². The molecule has 0 unspecified atom stereocenters. The fourth-order valence-corrected chi connectivity index (χ4v) is 3.01. The molecule has 1 aromatic rings. The number of carbonyl (C=O) groups is 1. The normalized spacial score (nSPS) is 20.0. The molecule has 6 heteroatoms. The molecule has 1 N–H and O–H groups in total. The van der Waals surface area contributed by atoms with Crippen molar-refractivity contribution in [1.82, 2.24) is 0 Å². The van der Waals surface area contributed by atoms with Crippen LogP contribution >= 0.6 is 11.3 Å². The third-order valence-corrected chi connectivity index (χ3v) is 4.19. The van der Waals surface area contributed by atoms with Crippen LogP contribution in [0.25, 0.3) is 0 Å². The zero-order valence-corrected chi connectivity index (χ0v) is 10.9. The Morgan fingerprint density at radius 3 is 2.58 bits per heavy atom. The molecule has 0 spiro atoms. The molecule has 1 heterocycles. The average Bonchev–Trinajstić information content (AvgIpc) is 2.80. The fourth-order valence-electron chi connectivity index (χ4n) is 2.17. The van der Waals surface area contributed by atoms with E-state index in [0.29, 0.717) is 24.8 Å². The van der Waals surface area contributed by atoms with Crippen LogP contribution in [-0.4, -0.2) is 17.1 Å². The Kier molecular flexibility index (Phi) is 3.82. The summed E-state index contributed by atoms with van der Waals surface area (Å²) in [6, 6.07) is 2.74. The maximum absolute atomic E-state index is 13.2. The molecule has 0 saturated heterocycles. The Morgan fingerprint density at radius 2 is 2.05 bits per heavy atom. The van der Waals surface area contributed by atoms with Crippen LogP contribution in [0.3, 0.4) is 0 Å². The van der Waals surface area contributed by atoms with Gasteiger partial charge in [-0.15, -0.1) is 11.3 Å². The number of hydrogen-bond acceptors (Lipinski definition) is 3. The number of alkyl halides is 3. The Morgan fingerprint density at radius 1 is 1.32 bits per heavy atom. The fraction of sp³-hybridized carbons (Fsp3) is 0.462. The van der Waals surface area contributed by atoms with E-state index in [1.54, 1.807) is 0 Å². The summed E-state index contributed by atoms with van der Waals surface area (Å²) in [6.45, 7) is 0. The van der Waals surface area contributed by atoms with Gasteiger partial charge in [-0.2, -0.15) is 13.2 Å². The molecule has 1 aliphatic carbocycles. The average molecular weight is 290 g/mol. The van der Waals surface area contributed by atoms with Gasteiger partial charge in [0.15, 0.2) is 11.4 Å². The van der Waals surface area contributed by atoms with Crippen LogP contribution in [0.1, 0.15) is 30.6 Å². The van der Waals surface area contributed by atoms with Crippen LogP contribution in [0.5, 0.6) is 0 Å². The van der Waals surface area contributed by atoms with Gasteiger partial charge in [-0.1, -0.05) is 11.6 Å². The number of carbonyl (C=O) groups excluding carboxylic acids is 1. The molecule has 0 aromatic carbocycles. The summed E-state index contributed by atoms with van der Waals surface area (Å²) in [5.41, 5.74) is -2.53. The summed E-state index contributed by atoms with van der Waals surface area (Å²) < 4.78 is 39.5. The number of aliphatic hydroxyl groups is 1. The van der Waals surface area contributed by atoms with E-state index in [-0.39, 0.29) is 10.7 Å². The van der Waals surface area contributed by atoms with E-state index in [4.69, 9.17) is 0 Å². The zero-order chi connectivity index (χ0) is 14.1. The summed E-state index contributed by atoms with van der Waals surface area (Å²) in [6.07, 6.45) is -2.75. The highest BCUT2D eigenvalue weighted by molar-refractivity contribution is 7.10. The molecule has 104 valence electrons. The molecule has 0 radical (unpaired) electrons. The Bertz CT molecular complexity index is 490. The number of halogens is 3. The van der Waals surface area contributed by atoms with Crippen molar-refractivity contribution in [1.29, 1.82) is 0 Å². The zero-order valence-electron chi connectivity index (χ0n) is 10.0. The van der Waals surface area contributed by atoms with Crippen LogP contribution in [0.15, 0.2) is 29.2 Å². The molecule has 0 aliphatic heterocycles. The quantitative estimate of drug-likeness (QED) is 0.924. The molecule has 2 nitrogen and oxygen atoms in total. The maximum atomic E-state index is 13.2. The van der Waals surface area contributed by atoms with Crippen molar-refractivity contribution < 1.29 is 23.1 Å². The largest absolute Gasteiger partial charge is 0.422 e. The van der Waals surface area contributed by atoms with Gasteiger partial charge in [-0.3, -0.25) is 4.79 Å². The van der Waals surface area contributed by atoms with Crippen LogP contribution in [0.2, 0.25) is 0 Å². The lowest BCUT2D eigenvalue weighted by Gasteiger charge is -2.31. The molecular weight excluding hydrogens is 277 g/mol. The molecule has 19 heavy (non-hydrogen) atoms. The van der Waals surface area contributed by atoms with Gasteiger partial charge in [0.2, 0.25) is 0 Å². The van der Waals surface area contributed by atoms with Crippen LogP contribution < -0.4 is 0 Å². The van der Waals surface area contributed by atoms with Crippen molar-refractivity contribution in [3.63, 3.8) is 0 Å². The molecule has 1 aromatic heterocycles. The van der Waals surface area contributed by atoms with Gasteiger partial charge >= 0.3 is 6.18 Å². The molecule has 1 atom stereocenters. The van der Waals surface area contributed by atoms with Crippen LogP contribution in [0, 0.1) is 0 Å². The van der Waals surface area contributed by atoms with E-state index in [9.17, 15) is 23.1 Å². The van der Waals surface area contributed by atoms with Gasteiger partial charge < -0.3 is 5.11 Å². The lowest BCUT2D eigenvalue weighted by Crippen LogP contribution is -2.42. The second-order valence-corrected chi connectivity index (χ2v) is 5.58. The second-order valence-electron chi connectivity index (χ2n) is 4.63. The predicted molar refractivity (Wildman–Crippen MR) is 65.8 cm³/mol. The summed E-state index contributed by atoms with van der Waals surface area (Å²) in [5.74, 6) is -0.169. The highest BCUT2D eigenvalue weighted by Crippen LogP contribution is 2.45. The third-order valence-electron chi connectivity index (χ3n) is 3.17. The SMILES string of the molecule is O=C1C=C(C[C@](O)(c2cccs2)C(F)(F)F)CCC1. The predicted octanol–water partition coefficient (Wildman–Crippen LogP) is 3.57. The number of ketones is 1. The van der Waals surface area contributed by atoms with E-state index in [0.717, 1.165) is 11.3 Å². The van der Waals surface area contributed by atoms with Crippen molar-refractivity contribution in [2.75, 3.05) is 0 Å². The Labute approximate surface area is 112 Å². The van der Waals surface area contributed by atoms with E-state index < -0.39 is 18.2 Å². The highest BCUT2D eigenvalue weighted by Gasteiger charge is 2.55. The first kappa shape index (κ1) is 14.3. The van der Waals surface area contributed by atoms with Gasteiger partial charge in [0.1, 0.15) is 0 Å². The van der Waals surface area contributed by atoms with Gasteiger partial charge in [0, 0.05) is 17.7 Å².